The molecule has 0 atom stereocenters. The van der Waals surface area contributed by atoms with Crippen molar-refractivity contribution in [2.45, 2.75) is 0 Å². The summed E-state index contributed by atoms with van der Waals surface area (Å²) in [6.45, 7) is 0. The molecule has 0 unspecified atom stereocenters. The molecule has 0 aliphatic carbocycles. The molecule has 35 valence electrons. The van der Waals surface area contributed by atoms with Crippen molar-refractivity contribution in [1.82, 2.24) is 5.43 Å². The van der Waals surface area contributed by atoms with E-state index in [1.165, 1.54) is 11.7 Å². The summed E-state index contributed by atoms with van der Waals surface area (Å²) in [5.74, 6) is 0.509. The minimum absolute atomic E-state index is 0.509. The maximum atomic E-state index is 4.48. The second-order valence-electron chi connectivity index (χ2n) is 0.936. The molecule has 0 aromatic rings. The number of hydrogen-bond donors (Lipinski definition) is 0. The Kier molecular flexibility index (Phi) is 1.12. The second kappa shape index (κ2) is 1.79. The SMILES string of the molecule is S=CC1=N[N]C=N1. The van der Waals surface area contributed by atoms with Gasteiger partial charge in [-0.05, 0) is 0 Å². The summed E-state index contributed by atoms with van der Waals surface area (Å²) in [6.07, 6.45) is 1.36. The lowest BCUT2D eigenvalue weighted by molar-refractivity contribution is 1.07. The summed E-state index contributed by atoms with van der Waals surface area (Å²) in [5, 5.41) is 4.90. The quantitative estimate of drug-likeness (QED) is 0.438. The van der Waals surface area contributed by atoms with Gasteiger partial charge in [0.25, 0.3) is 0 Å². The molecule has 0 spiro atoms. The van der Waals surface area contributed by atoms with E-state index in [-0.39, 0.29) is 0 Å². The van der Waals surface area contributed by atoms with E-state index < -0.39 is 0 Å². The fourth-order valence-electron chi connectivity index (χ4n) is 0.250. The average molecular weight is 112 g/mol. The van der Waals surface area contributed by atoms with Crippen LogP contribution in [0.2, 0.25) is 0 Å². The molecule has 4 heteroatoms. The lowest BCUT2D eigenvalue weighted by Crippen LogP contribution is -1.87. The predicted molar refractivity (Wildman–Crippen MR) is 31.7 cm³/mol. The van der Waals surface area contributed by atoms with E-state index in [1.54, 1.807) is 0 Å². The second-order valence-corrected chi connectivity index (χ2v) is 1.17. The number of nitrogens with zero attached hydrogens (tertiary/aromatic N) is 3. The summed E-state index contributed by atoms with van der Waals surface area (Å²) in [4.78, 5) is 3.65. The van der Waals surface area contributed by atoms with Gasteiger partial charge in [0, 0.05) is 5.37 Å². The van der Waals surface area contributed by atoms with Crippen LogP contribution in [0, 0.1) is 0 Å². The summed E-state index contributed by atoms with van der Waals surface area (Å²) in [7, 11) is 0. The van der Waals surface area contributed by atoms with Crippen LogP contribution < -0.4 is 5.43 Å². The van der Waals surface area contributed by atoms with E-state index in [2.05, 4.69) is 27.7 Å². The smallest absolute Gasteiger partial charge is 0.186 e. The Hall–Kier alpha value is -0.770. The Morgan fingerprint density at radius 1 is 1.71 bits per heavy atom. The molecule has 0 amide bonds. The molecule has 1 heterocycles. The Labute approximate surface area is 46.1 Å². The molecule has 1 aliphatic heterocycles. The summed E-state index contributed by atoms with van der Waals surface area (Å²) < 4.78 is 0. The van der Waals surface area contributed by atoms with Crippen molar-refractivity contribution in [2.24, 2.45) is 10.1 Å². The van der Waals surface area contributed by atoms with Gasteiger partial charge in [-0.15, -0.1) is 10.5 Å². The molecule has 0 aromatic heterocycles. The zero-order valence-corrected chi connectivity index (χ0v) is 4.22. The third-order valence-electron chi connectivity index (χ3n) is 0.507. The number of amidine groups is 1. The molecule has 1 rings (SSSR count). The molecule has 0 N–H and O–H groups in total. The fraction of sp³-hybridized carbons (Fsp3) is 0. The average Bonchev–Trinajstić information content (AvgIpc) is 2.14. The zero-order valence-electron chi connectivity index (χ0n) is 3.40. The molecule has 0 saturated heterocycles. The molecule has 0 aromatic carbocycles. The maximum Gasteiger partial charge on any atom is 0.186 e. The van der Waals surface area contributed by atoms with E-state index in [0.717, 1.165) is 0 Å². The highest BCUT2D eigenvalue weighted by molar-refractivity contribution is 7.80. The highest BCUT2D eigenvalue weighted by atomic mass is 32.1. The molecule has 1 aliphatic rings. The van der Waals surface area contributed by atoms with Crippen molar-refractivity contribution in [3.63, 3.8) is 0 Å². The first-order valence-corrected chi connectivity index (χ1v) is 2.16. The Morgan fingerprint density at radius 2 is 2.57 bits per heavy atom. The van der Waals surface area contributed by atoms with Crippen molar-refractivity contribution in [2.75, 3.05) is 0 Å². The van der Waals surface area contributed by atoms with Gasteiger partial charge in [-0.3, -0.25) is 0 Å². The van der Waals surface area contributed by atoms with E-state index in [4.69, 9.17) is 0 Å². The number of thiocarbonyl (C=S) groups is 1. The van der Waals surface area contributed by atoms with Crippen LogP contribution in [0.3, 0.4) is 0 Å². The molecule has 3 nitrogen and oxygen atoms in total. The summed E-state index contributed by atoms with van der Waals surface area (Å²) >= 11 is 4.48. The van der Waals surface area contributed by atoms with Crippen LogP contribution in [-0.2, 0) is 0 Å². The molecule has 0 saturated carbocycles. The van der Waals surface area contributed by atoms with Gasteiger partial charge >= 0.3 is 0 Å². The predicted octanol–water partition coefficient (Wildman–Crippen LogP) is -0.0541. The van der Waals surface area contributed by atoms with Crippen molar-refractivity contribution in [3.8, 4) is 0 Å². The highest BCUT2D eigenvalue weighted by Crippen LogP contribution is 1.80. The van der Waals surface area contributed by atoms with Gasteiger partial charge in [0.2, 0.25) is 0 Å². The van der Waals surface area contributed by atoms with Gasteiger partial charge in [0.1, 0.15) is 6.34 Å². The van der Waals surface area contributed by atoms with Crippen LogP contribution in [-0.4, -0.2) is 17.5 Å². The first-order chi connectivity index (χ1) is 3.43. The minimum Gasteiger partial charge on any atom is -0.213 e. The van der Waals surface area contributed by atoms with Gasteiger partial charge in [0.15, 0.2) is 5.84 Å². The van der Waals surface area contributed by atoms with Crippen molar-refractivity contribution >= 4 is 29.8 Å². The normalized spacial score (nSPS) is 15.7. The number of rotatable bonds is 1. The van der Waals surface area contributed by atoms with Gasteiger partial charge in [-0.25, -0.2) is 4.99 Å². The third kappa shape index (κ3) is 0.806. The maximum absolute atomic E-state index is 4.48. The Morgan fingerprint density at radius 3 is 2.86 bits per heavy atom. The number of aliphatic imine (C=N–C) groups is 1. The fourth-order valence-corrected chi connectivity index (χ4v) is 0.358. The first kappa shape index (κ1) is 4.39. The Bertz CT molecular complexity index is 137. The molecule has 1 radical (unpaired) electrons. The molecular formula is C3H2N3S. The molecule has 0 bridgehead atoms. The van der Waals surface area contributed by atoms with Crippen LogP contribution in [0.4, 0.5) is 0 Å². The van der Waals surface area contributed by atoms with E-state index in [9.17, 15) is 0 Å². The van der Waals surface area contributed by atoms with E-state index in [1.807, 2.05) is 0 Å². The minimum atomic E-state index is 0.509. The number of hydrogen-bond acceptors (Lipinski definition) is 3. The third-order valence-corrected chi connectivity index (χ3v) is 0.718. The largest absolute Gasteiger partial charge is 0.213 e. The van der Waals surface area contributed by atoms with Crippen LogP contribution in [0.5, 0.6) is 0 Å². The lowest BCUT2D eigenvalue weighted by atomic mass is 10.7. The molecule has 0 fully saturated rings. The molecular weight excluding hydrogens is 110 g/mol. The van der Waals surface area contributed by atoms with Crippen LogP contribution in [0.25, 0.3) is 0 Å². The topological polar surface area (TPSA) is 38.8 Å². The van der Waals surface area contributed by atoms with Crippen molar-refractivity contribution in [1.29, 1.82) is 0 Å². The summed E-state index contributed by atoms with van der Waals surface area (Å²) in [6, 6.07) is 0. The first-order valence-electron chi connectivity index (χ1n) is 1.69. The van der Waals surface area contributed by atoms with Crippen LogP contribution in [0.15, 0.2) is 10.1 Å². The summed E-state index contributed by atoms with van der Waals surface area (Å²) in [5.41, 5.74) is 3.43. The van der Waals surface area contributed by atoms with E-state index >= 15 is 0 Å². The highest BCUT2D eigenvalue weighted by Gasteiger charge is 1.93. The van der Waals surface area contributed by atoms with E-state index in [0.29, 0.717) is 5.84 Å². The van der Waals surface area contributed by atoms with Gasteiger partial charge in [-0.1, -0.05) is 12.2 Å². The lowest BCUT2D eigenvalue weighted by Gasteiger charge is -1.71. The Balaban J connectivity index is 2.69. The van der Waals surface area contributed by atoms with Crippen LogP contribution >= 0.6 is 12.2 Å². The van der Waals surface area contributed by atoms with Crippen molar-refractivity contribution < 1.29 is 0 Å². The van der Waals surface area contributed by atoms with Crippen LogP contribution in [0.1, 0.15) is 0 Å². The van der Waals surface area contributed by atoms with Gasteiger partial charge in [0.05, 0.1) is 0 Å². The van der Waals surface area contributed by atoms with Gasteiger partial charge < -0.3 is 0 Å². The standard InChI is InChI=1S/C3H2N3S/c7-1-3-4-2-5-6-3/h1-2H. The van der Waals surface area contributed by atoms with Gasteiger partial charge in [-0.2, -0.15) is 0 Å². The molecule has 7 heavy (non-hydrogen) atoms. The zero-order chi connectivity index (χ0) is 5.11. The monoisotopic (exact) mass is 112 g/mol. The van der Waals surface area contributed by atoms with Crippen molar-refractivity contribution in [3.05, 3.63) is 0 Å².